The van der Waals surface area contributed by atoms with E-state index in [1.165, 1.54) is 48.8 Å². The molecule has 1 saturated carbocycles. The number of sulfonamides is 1. The Morgan fingerprint density at radius 3 is 2.38 bits per heavy atom. The summed E-state index contributed by atoms with van der Waals surface area (Å²) in [4.78, 5) is 43.3. The maximum atomic E-state index is 16.1. The molecule has 2 aromatic heterocycles. The maximum Gasteiger partial charge on any atom is 0.234 e. The Morgan fingerprint density at radius 2 is 1.69 bits per heavy atom. The quantitative estimate of drug-likeness (QED) is 0.131. The number of thiazole rings is 1. The molecular formula is C43H53FN8O4S2. The topological polar surface area (TPSA) is 164 Å². The lowest BCUT2D eigenvalue weighted by Crippen LogP contribution is -2.45. The molecule has 12 nitrogen and oxygen atoms in total. The highest BCUT2D eigenvalue weighted by Gasteiger charge is 2.40. The number of nitrogen functional groups attached to an aromatic ring is 1. The molecule has 0 bridgehead atoms. The Labute approximate surface area is 344 Å². The van der Waals surface area contributed by atoms with Crippen LogP contribution in [0.15, 0.2) is 54.7 Å². The van der Waals surface area contributed by atoms with E-state index in [0.29, 0.717) is 46.9 Å². The van der Waals surface area contributed by atoms with Crippen LogP contribution in [0.25, 0.3) is 21.8 Å². The number of rotatable bonds is 11. The smallest absolute Gasteiger partial charge is 0.234 e. The zero-order chi connectivity index (χ0) is 40.4. The van der Waals surface area contributed by atoms with Crippen LogP contribution in [-0.2, 0) is 19.6 Å². The first kappa shape index (κ1) is 40.3. The number of aromatic nitrogens is 3. The third-order valence-electron chi connectivity index (χ3n) is 12.9. The van der Waals surface area contributed by atoms with Gasteiger partial charge in [-0.25, -0.2) is 27.8 Å². The molecular weight excluding hydrogens is 776 g/mol. The summed E-state index contributed by atoms with van der Waals surface area (Å²) in [6.07, 6.45) is 12.0. The summed E-state index contributed by atoms with van der Waals surface area (Å²) in [5.74, 6) is -0.345. The summed E-state index contributed by atoms with van der Waals surface area (Å²) in [6.45, 7) is 7.24. The number of nitrogens with zero attached hydrogens (tertiary/aromatic N) is 5. The second-order valence-corrected chi connectivity index (χ2v) is 19.6. The van der Waals surface area contributed by atoms with Gasteiger partial charge in [0.25, 0.3) is 0 Å². The van der Waals surface area contributed by atoms with Crippen molar-refractivity contribution in [1.29, 1.82) is 0 Å². The standard InChI is InChI=1S/C43H53FN8O4S2/c1-2-26-58(55,56)50-34-5-3-4-33(37(34)44)38-39(35-14-21-46-42(45)47-35)57-41(49-38)30-12-17-43(18-13-30)19-24-51(25-20-43)27-28-15-22-52(23-16-28)31-8-6-29(7-9-31)32-10-11-36(53)48-40(32)54/h3-9,14,21,28,30,32,50H,2,10-13,15-20,22-27H2,1H3,(H2,45,46,47)(H,48,53,54)/t32-/m0/s1. The molecule has 308 valence electrons. The number of piperidine rings is 3. The molecule has 4 aromatic rings. The molecule has 1 atom stereocenters. The third kappa shape index (κ3) is 8.91. The van der Waals surface area contributed by atoms with Gasteiger partial charge in [0, 0.05) is 49.4 Å². The minimum atomic E-state index is -3.69. The van der Waals surface area contributed by atoms with Crippen LogP contribution in [0.3, 0.4) is 0 Å². The minimum Gasteiger partial charge on any atom is -0.372 e. The number of anilines is 3. The van der Waals surface area contributed by atoms with Gasteiger partial charge in [-0.3, -0.25) is 19.6 Å². The third-order valence-corrected chi connectivity index (χ3v) is 15.6. The lowest BCUT2D eigenvalue weighted by Gasteiger charge is -2.46. The first-order valence-electron chi connectivity index (χ1n) is 20.8. The molecule has 1 spiro atoms. The van der Waals surface area contributed by atoms with Crippen molar-refractivity contribution < 1.29 is 22.4 Å². The Kier molecular flexibility index (Phi) is 11.8. The molecule has 1 aliphatic carbocycles. The van der Waals surface area contributed by atoms with Crippen molar-refractivity contribution in [2.75, 3.05) is 53.8 Å². The highest BCUT2D eigenvalue weighted by atomic mass is 32.2. The number of benzene rings is 2. The van der Waals surface area contributed by atoms with Crippen molar-refractivity contribution >= 4 is 50.5 Å². The molecule has 4 aliphatic rings. The number of imide groups is 1. The SMILES string of the molecule is CCCS(=O)(=O)Nc1cccc(-c2nc(C3CCC4(CC3)CCN(CC3CCN(c5ccc([C@@H]6CCC(=O)NC6=O)cc5)CC3)CC4)sc2-c2ccnc(N)n2)c1F. The molecule has 4 N–H and O–H groups in total. The van der Waals surface area contributed by atoms with Gasteiger partial charge in [-0.05, 0) is 125 Å². The number of carbonyl (C=O) groups excluding carboxylic acids is 2. The number of halogens is 1. The van der Waals surface area contributed by atoms with Gasteiger partial charge in [-0.2, -0.15) is 0 Å². The first-order valence-corrected chi connectivity index (χ1v) is 23.2. The molecule has 4 fully saturated rings. The Hall–Kier alpha value is -4.47. The van der Waals surface area contributed by atoms with Crippen LogP contribution in [0, 0.1) is 17.2 Å². The van der Waals surface area contributed by atoms with Gasteiger partial charge >= 0.3 is 0 Å². The fourth-order valence-electron chi connectivity index (χ4n) is 9.50. The van der Waals surface area contributed by atoms with Gasteiger partial charge in [-0.1, -0.05) is 25.1 Å². The average Bonchev–Trinajstić information content (AvgIpc) is 3.66. The van der Waals surface area contributed by atoms with E-state index in [4.69, 9.17) is 10.7 Å². The van der Waals surface area contributed by atoms with Gasteiger partial charge in [0.1, 0.15) is 0 Å². The second-order valence-electron chi connectivity index (χ2n) is 16.7. The minimum absolute atomic E-state index is 0.0966. The van der Waals surface area contributed by atoms with E-state index in [0.717, 1.165) is 69.0 Å². The first-order chi connectivity index (χ1) is 28.0. The van der Waals surface area contributed by atoms with Gasteiger partial charge in [0.15, 0.2) is 5.82 Å². The Morgan fingerprint density at radius 1 is 0.948 bits per heavy atom. The summed E-state index contributed by atoms with van der Waals surface area (Å²) in [5.41, 5.74) is 9.62. The van der Waals surface area contributed by atoms with Crippen molar-refractivity contribution in [2.24, 2.45) is 11.3 Å². The molecule has 15 heteroatoms. The van der Waals surface area contributed by atoms with Crippen LogP contribution in [0.1, 0.15) is 100.0 Å². The molecule has 0 unspecified atom stereocenters. The largest absolute Gasteiger partial charge is 0.372 e. The van der Waals surface area contributed by atoms with Gasteiger partial charge in [0.2, 0.25) is 27.8 Å². The highest BCUT2D eigenvalue weighted by Crippen LogP contribution is 2.51. The number of hydrogen-bond acceptors (Lipinski definition) is 11. The summed E-state index contributed by atoms with van der Waals surface area (Å²) in [6, 6.07) is 14.8. The van der Waals surface area contributed by atoms with Crippen LogP contribution in [0.2, 0.25) is 0 Å². The van der Waals surface area contributed by atoms with Gasteiger partial charge in [-0.15, -0.1) is 11.3 Å². The van der Waals surface area contributed by atoms with Crippen LogP contribution in [0.4, 0.5) is 21.7 Å². The molecule has 0 radical (unpaired) electrons. The van der Waals surface area contributed by atoms with E-state index >= 15 is 4.39 Å². The van der Waals surface area contributed by atoms with Gasteiger partial charge in [0.05, 0.1) is 38.6 Å². The normalized spacial score (nSPS) is 21.0. The number of likely N-dealkylation sites (tertiary alicyclic amines) is 1. The predicted octanol–water partition coefficient (Wildman–Crippen LogP) is 7.32. The molecule has 8 rings (SSSR count). The fourth-order valence-corrected chi connectivity index (χ4v) is 11.9. The fraction of sp³-hybridized carbons (Fsp3) is 0.512. The Bertz CT molecular complexity index is 2220. The summed E-state index contributed by atoms with van der Waals surface area (Å²) in [5, 5.41) is 3.41. The van der Waals surface area contributed by atoms with Crippen LogP contribution in [0.5, 0.6) is 0 Å². The van der Waals surface area contributed by atoms with E-state index < -0.39 is 15.8 Å². The summed E-state index contributed by atoms with van der Waals surface area (Å²) in [7, 11) is -3.69. The van der Waals surface area contributed by atoms with E-state index in [1.807, 2.05) is 12.1 Å². The molecule has 2 amide bonds. The van der Waals surface area contributed by atoms with E-state index in [1.54, 1.807) is 31.3 Å². The number of nitrogens with one attached hydrogen (secondary N) is 2. The maximum absolute atomic E-state index is 16.1. The van der Waals surface area contributed by atoms with Crippen molar-refractivity contribution in [1.82, 2.24) is 25.2 Å². The Balaban J connectivity index is 0.862. The van der Waals surface area contributed by atoms with Gasteiger partial charge < -0.3 is 15.5 Å². The number of nitrogens with two attached hydrogens (primary N) is 1. The lowest BCUT2D eigenvalue weighted by molar-refractivity contribution is -0.134. The van der Waals surface area contributed by atoms with Crippen molar-refractivity contribution in [3.05, 3.63) is 71.1 Å². The average molecular weight is 829 g/mol. The highest BCUT2D eigenvalue weighted by molar-refractivity contribution is 7.92. The monoisotopic (exact) mass is 828 g/mol. The number of carbonyl (C=O) groups is 2. The van der Waals surface area contributed by atoms with E-state index in [9.17, 15) is 18.0 Å². The predicted molar refractivity (Wildman–Crippen MR) is 226 cm³/mol. The van der Waals surface area contributed by atoms with Crippen molar-refractivity contribution in [3.8, 4) is 21.8 Å². The molecule has 5 heterocycles. The molecule has 2 aromatic carbocycles. The summed E-state index contributed by atoms with van der Waals surface area (Å²) >= 11 is 1.52. The summed E-state index contributed by atoms with van der Waals surface area (Å²) < 4.78 is 43.6. The molecule has 58 heavy (non-hydrogen) atoms. The van der Waals surface area contributed by atoms with Crippen LogP contribution < -0.4 is 20.7 Å². The molecule has 3 aliphatic heterocycles. The van der Waals surface area contributed by atoms with Crippen LogP contribution in [-0.4, -0.2) is 78.6 Å². The lowest BCUT2D eigenvalue weighted by atomic mass is 9.65. The van der Waals surface area contributed by atoms with Crippen LogP contribution >= 0.6 is 11.3 Å². The van der Waals surface area contributed by atoms with Crippen molar-refractivity contribution in [2.45, 2.75) is 89.4 Å². The molecule has 3 saturated heterocycles. The van der Waals surface area contributed by atoms with E-state index in [-0.39, 0.29) is 46.6 Å². The zero-order valence-electron chi connectivity index (χ0n) is 33.1. The number of amides is 2. The van der Waals surface area contributed by atoms with E-state index in [2.05, 4.69) is 41.9 Å². The number of hydrogen-bond donors (Lipinski definition) is 3. The zero-order valence-corrected chi connectivity index (χ0v) is 34.7. The van der Waals surface area contributed by atoms with Crippen molar-refractivity contribution in [3.63, 3.8) is 0 Å². The second kappa shape index (κ2) is 17.0.